The van der Waals surface area contributed by atoms with E-state index in [1.54, 1.807) is 12.1 Å². The summed E-state index contributed by atoms with van der Waals surface area (Å²) in [5.74, 6) is 0.399. The van der Waals surface area contributed by atoms with Crippen LogP contribution in [0.3, 0.4) is 0 Å². The highest BCUT2D eigenvalue weighted by Crippen LogP contribution is 2.36. The first-order valence-electron chi connectivity index (χ1n) is 5.52. The highest BCUT2D eigenvalue weighted by molar-refractivity contribution is 6.40. The Morgan fingerprint density at radius 3 is 2.50 bits per heavy atom. The van der Waals surface area contributed by atoms with Crippen LogP contribution in [-0.4, -0.2) is 4.57 Å². The number of nitriles is 1. The fourth-order valence-electron chi connectivity index (χ4n) is 2.02. The summed E-state index contributed by atoms with van der Waals surface area (Å²) in [6, 6.07) is 5.51. The number of hydrogen-bond donors (Lipinski definition) is 0. The number of benzene rings is 1. The summed E-state index contributed by atoms with van der Waals surface area (Å²) in [6.07, 6.45) is 0. The third-order valence-corrected chi connectivity index (χ3v) is 3.57. The van der Waals surface area contributed by atoms with Crippen LogP contribution in [0.1, 0.15) is 19.4 Å². The minimum absolute atomic E-state index is 0.399. The predicted octanol–water partition coefficient (Wildman–Crippen LogP) is 5.13. The third kappa shape index (κ3) is 2.19. The highest BCUT2D eigenvalue weighted by Gasteiger charge is 2.19. The van der Waals surface area contributed by atoms with Gasteiger partial charge in [0.15, 0.2) is 0 Å². The van der Waals surface area contributed by atoms with Gasteiger partial charge in [-0.25, -0.2) is 0 Å². The monoisotopic (exact) mass is 300 g/mol. The zero-order valence-corrected chi connectivity index (χ0v) is 12.2. The van der Waals surface area contributed by atoms with Crippen LogP contribution < -0.4 is 0 Å². The lowest BCUT2D eigenvalue weighted by atomic mass is 10.2. The fourth-order valence-corrected chi connectivity index (χ4v) is 2.91. The molecule has 2 rings (SSSR count). The van der Waals surface area contributed by atoms with Crippen LogP contribution in [0.15, 0.2) is 12.1 Å². The lowest BCUT2D eigenvalue weighted by Gasteiger charge is -2.10. The van der Waals surface area contributed by atoms with Crippen molar-refractivity contribution in [2.45, 2.75) is 20.4 Å². The molecule has 0 aliphatic carbocycles. The second-order valence-corrected chi connectivity index (χ2v) is 5.77. The van der Waals surface area contributed by atoms with Gasteiger partial charge in [0.2, 0.25) is 0 Å². The third-order valence-electron chi connectivity index (χ3n) is 2.67. The Labute approximate surface area is 121 Å². The Bertz CT molecular complexity index is 651. The molecule has 94 valence electrons. The van der Waals surface area contributed by atoms with Crippen LogP contribution in [0.25, 0.3) is 10.9 Å². The molecule has 0 saturated heterocycles. The van der Waals surface area contributed by atoms with E-state index in [2.05, 4.69) is 19.9 Å². The Morgan fingerprint density at radius 1 is 1.28 bits per heavy atom. The lowest BCUT2D eigenvalue weighted by Crippen LogP contribution is -2.04. The van der Waals surface area contributed by atoms with Gasteiger partial charge in [0.25, 0.3) is 0 Å². The molecule has 0 fully saturated rings. The summed E-state index contributed by atoms with van der Waals surface area (Å²) >= 11 is 18.5. The molecule has 1 aromatic carbocycles. The first-order valence-corrected chi connectivity index (χ1v) is 6.66. The quantitative estimate of drug-likeness (QED) is 0.756. The average Bonchev–Trinajstić information content (AvgIpc) is 2.51. The van der Waals surface area contributed by atoms with E-state index in [1.807, 2.05) is 4.57 Å². The molecule has 0 N–H and O–H groups in total. The van der Waals surface area contributed by atoms with Crippen molar-refractivity contribution in [2.24, 2.45) is 5.92 Å². The van der Waals surface area contributed by atoms with E-state index in [0.29, 0.717) is 38.6 Å². The molecule has 1 heterocycles. The molecule has 0 aliphatic rings. The molecule has 1 aromatic heterocycles. The van der Waals surface area contributed by atoms with Crippen molar-refractivity contribution < 1.29 is 0 Å². The summed E-state index contributed by atoms with van der Waals surface area (Å²) in [5, 5.41) is 11.4. The normalized spacial score (nSPS) is 11.2. The van der Waals surface area contributed by atoms with Crippen molar-refractivity contribution in [3.63, 3.8) is 0 Å². The number of rotatable bonds is 2. The predicted molar refractivity (Wildman–Crippen MR) is 76.5 cm³/mol. The maximum Gasteiger partial charge on any atom is 0.128 e. The van der Waals surface area contributed by atoms with Gasteiger partial charge < -0.3 is 4.57 Å². The van der Waals surface area contributed by atoms with E-state index in [0.717, 1.165) is 5.52 Å². The van der Waals surface area contributed by atoms with Gasteiger partial charge in [0.1, 0.15) is 11.2 Å². The molecule has 5 heteroatoms. The number of fused-ring (bicyclic) bond motifs is 1. The summed E-state index contributed by atoms with van der Waals surface area (Å²) in [5.41, 5.74) is 1.20. The van der Waals surface area contributed by atoms with E-state index in [9.17, 15) is 5.26 Å². The number of halogens is 3. The van der Waals surface area contributed by atoms with Crippen LogP contribution in [0.4, 0.5) is 0 Å². The smallest absolute Gasteiger partial charge is 0.128 e. The standard InChI is InChI=1S/C13H11Cl3N2/c1-7(2)6-18-12-9(10(5-17)13(18)16)3-8(14)4-11(12)15/h3-4,7H,6H2,1-2H3. The van der Waals surface area contributed by atoms with Crippen molar-refractivity contribution in [1.29, 1.82) is 5.26 Å². The molecular formula is C13H11Cl3N2. The highest BCUT2D eigenvalue weighted by atomic mass is 35.5. The minimum Gasteiger partial charge on any atom is -0.329 e. The Morgan fingerprint density at radius 2 is 1.94 bits per heavy atom. The van der Waals surface area contributed by atoms with E-state index >= 15 is 0 Å². The van der Waals surface area contributed by atoms with Crippen LogP contribution in [0.5, 0.6) is 0 Å². The van der Waals surface area contributed by atoms with Gasteiger partial charge in [-0.1, -0.05) is 48.7 Å². The van der Waals surface area contributed by atoms with E-state index in [1.165, 1.54) is 0 Å². The molecule has 0 spiro atoms. The van der Waals surface area contributed by atoms with E-state index in [4.69, 9.17) is 34.8 Å². The van der Waals surface area contributed by atoms with E-state index in [-0.39, 0.29) is 0 Å². The minimum atomic E-state index is 0.399. The van der Waals surface area contributed by atoms with Gasteiger partial charge in [-0.05, 0) is 18.1 Å². The van der Waals surface area contributed by atoms with Gasteiger partial charge in [-0.2, -0.15) is 5.26 Å². The zero-order chi connectivity index (χ0) is 13.4. The fraction of sp³-hybridized carbons (Fsp3) is 0.308. The van der Waals surface area contributed by atoms with Crippen molar-refractivity contribution in [3.8, 4) is 6.07 Å². The summed E-state index contributed by atoms with van der Waals surface area (Å²) in [6.45, 7) is 4.87. The van der Waals surface area contributed by atoms with Crippen LogP contribution >= 0.6 is 34.8 Å². The van der Waals surface area contributed by atoms with Gasteiger partial charge in [-0.3, -0.25) is 0 Å². The zero-order valence-electron chi connectivity index (χ0n) is 9.97. The first-order chi connectivity index (χ1) is 8.45. The van der Waals surface area contributed by atoms with Crippen LogP contribution in [0.2, 0.25) is 15.2 Å². The second-order valence-electron chi connectivity index (χ2n) is 4.57. The lowest BCUT2D eigenvalue weighted by molar-refractivity contribution is 0.535. The molecule has 18 heavy (non-hydrogen) atoms. The summed E-state index contributed by atoms with van der Waals surface area (Å²) in [4.78, 5) is 0. The molecule has 2 nitrogen and oxygen atoms in total. The van der Waals surface area contributed by atoms with Crippen LogP contribution in [-0.2, 0) is 6.54 Å². The maximum absolute atomic E-state index is 9.21. The molecule has 0 unspecified atom stereocenters. The first kappa shape index (κ1) is 13.5. The Hall–Kier alpha value is -0.880. The van der Waals surface area contributed by atoms with Crippen LogP contribution in [0, 0.1) is 17.2 Å². The number of hydrogen-bond acceptors (Lipinski definition) is 1. The van der Waals surface area contributed by atoms with Gasteiger partial charge in [0, 0.05) is 17.0 Å². The maximum atomic E-state index is 9.21. The summed E-state index contributed by atoms with van der Waals surface area (Å²) < 4.78 is 1.87. The van der Waals surface area contributed by atoms with Gasteiger partial charge >= 0.3 is 0 Å². The number of nitrogens with zero attached hydrogens (tertiary/aromatic N) is 2. The van der Waals surface area contributed by atoms with Gasteiger partial charge in [0.05, 0.1) is 16.1 Å². The molecule has 0 bridgehead atoms. The van der Waals surface area contributed by atoms with E-state index < -0.39 is 0 Å². The topological polar surface area (TPSA) is 28.7 Å². The molecule has 0 atom stereocenters. The Balaban J connectivity index is 2.86. The second kappa shape index (κ2) is 5.01. The molecule has 0 amide bonds. The van der Waals surface area contributed by atoms with Crippen molar-refractivity contribution in [1.82, 2.24) is 4.57 Å². The number of aromatic nitrogens is 1. The summed E-state index contributed by atoms with van der Waals surface area (Å²) in [7, 11) is 0. The molecule has 0 radical (unpaired) electrons. The largest absolute Gasteiger partial charge is 0.329 e. The Kier molecular flexibility index (Phi) is 3.77. The molecular weight excluding hydrogens is 291 g/mol. The SMILES string of the molecule is CC(C)Cn1c(Cl)c(C#N)c2cc(Cl)cc(Cl)c21. The average molecular weight is 302 g/mol. The molecule has 0 aliphatic heterocycles. The molecule has 0 saturated carbocycles. The van der Waals surface area contributed by atoms with Crippen molar-refractivity contribution >= 4 is 45.7 Å². The van der Waals surface area contributed by atoms with Gasteiger partial charge in [-0.15, -0.1) is 0 Å². The molecule has 2 aromatic rings. The van der Waals surface area contributed by atoms with Crippen molar-refractivity contribution in [2.75, 3.05) is 0 Å². The van der Waals surface area contributed by atoms with Crippen molar-refractivity contribution in [3.05, 3.63) is 32.9 Å².